The molecule has 1 amide bonds. The molecule has 32 heavy (non-hydrogen) atoms. The molecule has 0 bridgehead atoms. The number of aromatic nitrogens is 4. The molecule has 0 radical (unpaired) electrons. The highest BCUT2D eigenvalue weighted by Gasteiger charge is 2.17. The van der Waals surface area contributed by atoms with Gasteiger partial charge >= 0.3 is 0 Å². The van der Waals surface area contributed by atoms with Gasteiger partial charge in [-0.3, -0.25) is 14.4 Å². The van der Waals surface area contributed by atoms with Crippen LogP contribution in [0.3, 0.4) is 0 Å². The fourth-order valence-corrected chi connectivity index (χ4v) is 2.87. The van der Waals surface area contributed by atoms with Gasteiger partial charge in [0, 0.05) is 58.5 Å². The van der Waals surface area contributed by atoms with Crippen LogP contribution in [-0.2, 0) is 22.6 Å². The van der Waals surface area contributed by atoms with E-state index < -0.39 is 11.9 Å². The summed E-state index contributed by atoms with van der Waals surface area (Å²) >= 11 is 0. The molecule has 170 valence electrons. The van der Waals surface area contributed by atoms with E-state index in [2.05, 4.69) is 25.2 Å². The number of carbonyl (C=O) groups excluding carboxylic acids is 1. The van der Waals surface area contributed by atoms with Crippen LogP contribution in [0.15, 0.2) is 49.2 Å². The Morgan fingerprint density at radius 2 is 1.78 bits per heavy atom. The highest BCUT2D eigenvalue weighted by atomic mass is 16.4. The third kappa shape index (κ3) is 7.69. The molecule has 0 saturated heterocycles. The number of aliphatic carboxylic acids is 2. The van der Waals surface area contributed by atoms with E-state index in [9.17, 15) is 4.79 Å². The summed E-state index contributed by atoms with van der Waals surface area (Å²) in [5.74, 6) is -0.913. The fourth-order valence-electron chi connectivity index (χ4n) is 2.87. The second-order valence-corrected chi connectivity index (χ2v) is 6.72. The van der Waals surface area contributed by atoms with E-state index in [1.807, 2.05) is 41.2 Å². The first kappa shape index (κ1) is 24.3. The standard InChI is InChI=1S/C17H18N6O.2C2H4O2/c24-17(14-11-22-9-7-18-6-5-16(22)20-14)21-13-3-1-2-4-15(13)23-10-8-19-12-23;2*1-2(3)4/h1-4,8,10-12,18H,5-7,9H2,(H,21,24);2*1H3,(H,3,4). The lowest BCUT2D eigenvalue weighted by atomic mass is 10.2. The van der Waals surface area contributed by atoms with Crippen molar-refractivity contribution >= 4 is 23.5 Å². The molecule has 4 N–H and O–H groups in total. The van der Waals surface area contributed by atoms with Crippen molar-refractivity contribution in [2.45, 2.75) is 26.8 Å². The van der Waals surface area contributed by atoms with Crippen molar-refractivity contribution in [3.63, 3.8) is 0 Å². The zero-order valence-electron chi connectivity index (χ0n) is 17.9. The molecule has 2 aromatic heterocycles. The Morgan fingerprint density at radius 3 is 2.44 bits per heavy atom. The van der Waals surface area contributed by atoms with E-state index in [1.165, 1.54) is 0 Å². The summed E-state index contributed by atoms with van der Waals surface area (Å²) in [6.45, 7) is 4.79. The average molecular weight is 442 g/mol. The van der Waals surface area contributed by atoms with Crippen molar-refractivity contribution in [3.8, 4) is 5.69 Å². The molecule has 1 aromatic carbocycles. The molecular formula is C21H26N6O5. The van der Waals surface area contributed by atoms with Crippen LogP contribution in [0.25, 0.3) is 5.69 Å². The monoisotopic (exact) mass is 442 g/mol. The van der Waals surface area contributed by atoms with Crippen LogP contribution in [0.5, 0.6) is 0 Å². The van der Waals surface area contributed by atoms with Crippen molar-refractivity contribution in [3.05, 3.63) is 60.7 Å². The predicted molar refractivity (Wildman–Crippen MR) is 117 cm³/mol. The number of hydrogen-bond donors (Lipinski definition) is 4. The van der Waals surface area contributed by atoms with Crippen LogP contribution in [0.1, 0.15) is 30.2 Å². The highest BCUT2D eigenvalue weighted by molar-refractivity contribution is 6.03. The number of rotatable bonds is 3. The van der Waals surface area contributed by atoms with Gasteiger partial charge in [0.05, 0.1) is 17.7 Å². The minimum atomic E-state index is -0.833. The Kier molecular flexibility index (Phi) is 9.11. The summed E-state index contributed by atoms with van der Waals surface area (Å²) in [5.41, 5.74) is 2.05. The van der Waals surface area contributed by atoms with Gasteiger partial charge < -0.3 is 30.0 Å². The second-order valence-electron chi connectivity index (χ2n) is 6.72. The smallest absolute Gasteiger partial charge is 0.300 e. The van der Waals surface area contributed by atoms with Gasteiger partial charge in [-0.2, -0.15) is 0 Å². The largest absolute Gasteiger partial charge is 0.481 e. The lowest BCUT2D eigenvalue weighted by Crippen LogP contribution is -2.18. The first-order chi connectivity index (χ1) is 15.3. The number of carboxylic acid groups (broad SMARTS) is 2. The van der Waals surface area contributed by atoms with E-state index in [-0.39, 0.29) is 5.91 Å². The number of nitrogens with zero attached hydrogens (tertiary/aromatic N) is 4. The van der Waals surface area contributed by atoms with Crippen LogP contribution in [0, 0.1) is 0 Å². The molecule has 0 aliphatic carbocycles. The Morgan fingerprint density at radius 1 is 1.09 bits per heavy atom. The van der Waals surface area contributed by atoms with Crippen molar-refractivity contribution in [1.29, 1.82) is 0 Å². The SMILES string of the molecule is CC(=O)O.CC(=O)O.O=C(Nc1ccccc1-n1ccnc1)c1cn2c(n1)CCNCC2. The number of para-hydroxylation sites is 2. The van der Waals surface area contributed by atoms with Gasteiger partial charge in [0.25, 0.3) is 17.8 Å². The molecule has 11 heteroatoms. The molecule has 3 aromatic rings. The summed E-state index contributed by atoms with van der Waals surface area (Å²) in [7, 11) is 0. The molecule has 4 rings (SSSR count). The number of hydrogen-bond acceptors (Lipinski definition) is 6. The molecule has 1 aliphatic heterocycles. The predicted octanol–water partition coefficient (Wildman–Crippen LogP) is 1.65. The van der Waals surface area contributed by atoms with Gasteiger partial charge in [0.15, 0.2) is 0 Å². The topological polar surface area (TPSA) is 151 Å². The van der Waals surface area contributed by atoms with Crippen LogP contribution < -0.4 is 10.6 Å². The minimum Gasteiger partial charge on any atom is -0.481 e. The van der Waals surface area contributed by atoms with Gasteiger partial charge in [-0.15, -0.1) is 0 Å². The normalized spacial score (nSPS) is 12.1. The number of amides is 1. The van der Waals surface area contributed by atoms with Crippen LogP contribution in [-0.4, -0.2) is 60.3 Å². The van der Waals surface area contributed by atoms with E-state index in [0.29, 0.717) is 5.69 Å². The number of nitrogens with one attached hydrogen (secondary N) is 2. The van der Waals surface area contributed by atoms with E-state index in [0.717, 1.165) is 57.1 Å². The van der Waals surface area contributed by atoms with Crippen molar-refractivity contribution < 1.29 is 24.6 Å². The number of imidazole rings is 2. The van der Waals surface area contributed by atoms with Gasteiger partial charge in [0.1, 0.15) is 11.5 Å². The lowest BCUT2D eigenvalue weighted by Gasteiger charge is -2.10. The Hall–Kier alpha value is -3.99. The number of carboxylic acids is 2. The quantitative estimate of drug-likeness (QED) is 0.478. The molecule has 11 nitrogen and oxygen atoms in total. The summed E-state index contributed by atoms with van der Waals surface area (Å²) in [4.78, 5) is 39.2. The van der Waals surface area contributed by atoms with Crippen LogP contribution in [0.2, 0.25) is 0 Å². The maximum atomic E-state index is 12.6. The zero-order valence-corrected chi connectivity index (χ0v) is 17.9. The van der Waals surface area contributed by atoms with Gasteiger partial charge in [-0.25, -0.2) is 9.97 Å². The second kappa shape index (κ2) is 12.0. The molecule has 0 atom stereocenters. The van der Waals surface area contributed by atoms with E-state index >= 15 is 0 Å². The van der Waals surface area contributed by atoms with Gasteiger partial charge in [0.2, 0.25) is 0 Å². The third-order valence-corrected chi connectivity index (χ3v) is 4.08. The molecule has 1 aliphatic rings. The fraction of sp³-hybridized carbons (Fsp3) is 0.286. The van der Waals surface area contributed by atoms with Gasteiger partial charge in [-0.05, 0) is 12.1 Å². The van der Waals surface area contributed by atoms with Crippen molar-refractivity contribution in [1.82, 2.24) is 24.4 Å². The summed E-state index contributed by atoms with van der Waals surface area (Å²) in [6.07, 6.45) is 7.92. The zero-order chi connectivity index (χ0) is 23.5. The molecule has 0 spiro atoms. The third-order valence-electron chi connectivity index (χ3n) is 4.08. The number of carbonyl (C=O) groups is 3. The van der Waals surface area contributed by atoms with Crippen LogP contribution in [0.4, 0.5) is 5.69 Å². The van der Waals surface area contributed by atoms with Crippen molar-refractivity contribution in [2.24, 2.45) is 0 Å². The van der Waals surface area contributed by atoms with E-state index in [4.69, 9.17) is 19.8 Å². The summed E-state index contributed by atoms with van der Waals surface area (Å²) in [6, 6.07) is 7.63. The maximum Gasteiger partial charge on any atom is 0.300 e. The van der Waals surface area contributed by atoms with Crippen molar-refractivity contribution in [2.75, 3.05) is 18.4 Å². The average Bonchev–Trinajstić information content (AvgIpc) is 3.34. The first-order valence-corrected chi connectivity index (χ1v) is 9.82. The summed E-state index contributed by atoms with van der Waals surface area (Å²) < 4.78 is 3.92. The van der Waals surface area contributed by atoms with Gasteiger partial charge in [-0.1, -0.05) is 12.1 Å². The molecule has 0 saturated carbocycles. The lowest BCUT2D eigenvalue weighted by molar-refractivity contribution is -0.135. The molecule has 3 heterocycles. The summed E-state index contributed by atoms with van der Waals surface area (Å²) in [5, 5.41) is 21.1. The molecular weight excluding hydrogens is 416 g/mol. The Balaban J connectivity index is 0.000000395. The Labute approximate surface area is 184 Å². The number of fused-ring (bicyclic) bond motifs is 1. The number of anilines is 1. The van der Waals surface area contributed by atoms with Crippen LogP contribution >= 0.6 is 0 Å². The first-order valence-electron chi connectivity index (χ1n) is 9.82. The molecule has 0 fully saturated rings. The van der Waals surface area contributed by atoms with E-state index in [1.54, 1.807) is 12.5 Å². The molecule has 0 unspecified atom stereocenters. The highest BCUT2D eigenvalue weighted by Crippen LogP contribution is 2.20. The maximum absolute atomic E-state index is 12.6. The minimum absolute atomic E-state index is 0.198. The number of benzene rings is 1. The Bertz CT molecular complexity index is 1000.